The van der Waals surface area contributed by atoms with Crippen molar-refractivity contribution >= 4 is 10.9 Å². The van der Waals surface area contributed by atoms with Crippen LogP contribution in [0.1, 0.15) is 44.4 Å². The molecular formula is C16H21N. The second-order valence-electron chi connectivity index (χ2n) is 6.39. The summed E-state index contributed by atoms with van der Waals surface area (Å²) in [6.07, 6.45) is 2.55. The summed E-state index contributed by atoms with van der Waals surface area (Å²) in [5.74, 6) is 0.712. The molecule has 0 amide bonds. The first-order valence-corrected chi connectivity index (χ1v) is 6.56. The summed E-state index contributed by atoms with van der Waals surface area (Å²) >= 11 is 0. The highest BCUT2D eigenvalue weighted by Crippen LogP contribution is 2.48. The molecule has 1 heteroatoms. The van der Waals surface area contributed by atoms with Crippen molar-refractivity contribution in [2.75, 3.05) is 0 Å². The van der Waals surface area contributed by atoms with Crippen molar-refractivity contribution in [2.45, 2.75) is 39.5 Å². The standard InChI is InChI=1S/C16H21N/c1-16(2,3)12-9-10-14-15(12)11-7-5-6-8-13(11)17(14)4/h5-8,12H,9-10H2,1-4H3. The van der Waals surface area contributed by atoms with Gasteiger partial charge in [0.25, 0.3) is 0 Å². The van der Waals surface area contributed by atoms with E-state index in [1.165, 1.54) is 23.7 Å². The number of fused-ring (bicyclic) bond motifs is 3. The van der Waals surface area contributed by atoms with Crippen LogP contribution in [0.4, 0.5) is 0 Å². The molecular weight excluding hydrogens is 206 g/mol. The maximum Gasteiger partial charge on any atom is 0.0482 e. The van der Waals surface area contributed by atoms with E-state index in [0.717, 1.165) is 0 Å². The first-order chi connectivity index (χ1) is 8.00. The maximum absolute atomic E-state index is 2.40. The normalized spacial score (nSPS) is 19.9. The predicted molar refractivity (Wildman–Crippen MR) is 73.4 cm³/mol. The van der Waals surface area contributed by atoms with E-state index in [4.69, 9.17) is 0 Å². The van der Waals surface area contributed by atoms with Crippen molar-refractivity contribution in [1.82, 2.24) is 4.57 Å². The molecule has 1 atom stereocenters. The van der Waals surface area contributed by atoms with Gasteiger partial charge >= 0.3 is 0 Å². The first-order valence-electron chi connectivity index (χ1n) is 6.56. The summed E-state index contributed by atoms with van der Waals surface area (Å²) in [7, 11) is 2.21. The lowest BCUT2D eigenvalue weighted by molar-refractivity contribution is 0.320. The van der Waals surface area contributed by atoms with Gasteiger partial charge in [0.1, 0.15) is 0 Å². The summed E-state index contributed by atoms with van der Waals surface area (Å²) in [6.45, 7) is 7.11. The number of rotatable bonds is 0. The molecule has 1 heterocycles. The van der Waals surface area contributed by atoms with Gasteiger partial charge in [0, 0.05) is 23.6 Å². The van der Waals surface area contributed by atoms with Crippen LogP contribution in [0.25, 0.3) is 10.9 Å². The fraction of sp³-hybridized carbons (Fsp3) is 0.500. The molecule has 90 valence electrons. The van der Waals surface area contributed by atoms with Gasteiger partial charge in [0.15, 0.2) is 0 Å². The molecule has 0 bridgehead atoms. The smallest absolute Gasteiger partial charge is 0.0482 e. The molecule has 1 aromatic heterocycles. The highest BCUT2D eigenvalue weighted by Gasteiger charge is 2.35. The second-order valence-corrected chi connectivity index (χ2v) is 6.39. The number of hydrogen-bond acceptors (Lipinski definition) is 0. The van der Waals surface area contributed by atoms with Gasteiger partial charge in [-0.15, -0.1) is 0 Å². The minimum absolute atomic E-state index is 0.370. The Morgan fingerprint density at radius 1 is 1.18 bits per heavy atom. The molecule has 1 unspecified atom stereocenters. The predicted octanol–water partition coefficient (Wildman–Crippen LogP) is 4.25. The number of nitrogens with zero attached hydrogens (tertiary/aromatic N) is 1. The summed E-state index contributed by atoms with van der Waals surface area (Å²) in [6, 6.07) is 8.84. The average molecular weight is 227 g/mol. The molecule has 0 saturated carbocycles. The van der Waals surface area contributed by atoms with E-state index >= 15 is 0 Å². The summed E-state index contributed by atoms with van der Waals surface area (Å²) in [4.78, 5) is 0. The van der Waals surface area contributed by atoms with Crippen LogP contribution in [-0.2, 0) is 13.5 Å². The van der Waals surface area contributed by atoms with Crippen LogP contribution in [0.15, 0.2) is 24.3 Å². The number of aromatic nitrogens is 1. The monoisotopic (exact) mass is 227 g/mol. The van der Waals surface area contributed by atoms with E-state index in [0.29, 0.717) is 11.3 Å². The van der Waals surface area contributed by atoms with Gasteiger partial charge in [-0.3, -0.25) is 0 Å². The Hall–Kier alpha value is -1.24. The SMILES string of the molecule is Cn1c2c(c3ccccc31)C(C(C)(C)C)CC2. The lowest BCUT2D eigenvalue weighted by atomic mass is 9.77. The fourth-order valence-electron chi connectivity index (χ4n) is 3.46. The van der Waals surface area contributed by atoms with E-state index < -0.39 is 0 Å². The van der Waals surface area contributed by atoms with Gasteiger partial charge < -0.3 is 4.57 Å². The second kappa shape index (κ2) is 3.38. The average Bonchev–Trinajstić information content (AvgIpc) is 2.80. The third-order valence-electron chi connectivity index (χ3n) is 4.34. The molecule has 0 radical (unpaired) electrons. The van der Waals surface area contributed by atoms with Crippen molar-refractivity contribution in [3.05, 3.63) is 35.5 Å². The van der Waals surface area contributed by atoms with Crippen LogP contribution in [-0.4, -0.2) is 4.57 Å². The number of para-hydroxylation sites is 1. The molecule has 3 rings (SSSR count). The topological polar surface area (TPSA) is 4.93 Å². The highest BCUT2D eigenvalue weighted by atomic mass is 15.0. The molecule has 1 aromatic carbocycles. The van der Waals surface area contributed by atoms with Crippen molar-refractivity contribution in [1.29, 1.82) is 0 Å². The van der Waals surface area contributed by atoms with E-state index in [1.807, 2.05) is 0 Å². The van der Waals surface area contributed by atoms with Gasteiger partial charge in [0.05, 0.1) is 0 Å². The van der Waals surface area contributed by atoms with Crippen LogP contribution in [0.2, 0.25) is 0 Å². The highest BCUT2D eigenvalue weighted by molar-refractivity contribution is 5.86. The Morgan fingerprint density at radius 2 is 1.88 bits per heavy atom. The van der Waals surface area contributed by atoms with Crippen LogP contribution < -0.4 is 0 Å². The third kappa shape index (κ3) is 1.45. The first kappa shape index (κ1) is 10.9. The zero-order valence-electron chi connectivity index (χ0n) is 11.2. The van der Waals surface area contributed by atoms with Gasteiger partial charge in [0.2, 0.25) is 0 Å². The number of aryl methyl sites for hydroxylation is 1. The lowest BCUT2D eigenvalue weighted by Gasteiger charge is -2.27. The Bertz CT molecular complexity index is 569. The van der Waals surface area contributed by atoms with Crippen LogP contribution in [0.3, 0.4) is 0 Å². The van der Waals surface area contributed by atoms with Crippen LogP contribution >= 0.6 is 0 Å². The van der Waals surface area contributed by atoms with Crippen molar-refractivity contribution < 1.29 is 0 Å². The van der Waals surface area contributed by atoms with E-state index in [-0.39, 0.29) is 0 Å². The molecule has 17 heavy (non-hydrogen) atoms. The quantitative estimate of drug-likeness (QED) is 0.634. The van der Waals surface area contributed by atoms with Gasteiger partial charge in [-0.1, -0.05) is 39.0 Å². The molecule has 0 fully saturated rings. The molecule has 0 N–H and O–H groups in total. The molecule has 0 saturated heterocycles. The van der Waals surface area contributed by atoms with Crippen molar-refractivity contribution in [3.8, 4) is 0 Å². The Labute approximate surface area is 103 Å². The minimum Gasteiger partial charge on any atom is -0.347 e. The van der Waals surface area contributed by atoms with Crippen LogP contribution in [0.5, 0.6) is 0 Å². The Balaban J connectivity index is 2.30. The number of benzene rings is 1. The summed E-state index contributed by atoms with van der Waals surface area (Å²) in [5.41, 5.74) is 4.95. The number of hydrogen-bond donors (Lipinski definition) is 0. The fourth-order valence-corrected chi connectivity index (χ4v) is 3.46. The van der Waals surface area contributed by atoms with Gasteiger partial charge in [-0.05, 0) is 35.8 Å². The third-order valence-corrected chi connectivity index (χ3v) is 4.34. The van der Waals surface area contributed by atoms with Crippen molar-refractivity contribution in [2.24, 2.45) is 12.5 Å². The summed E-state index contributed by atoms with van der Waals surface area (Å²) < 4.78 is 2.40. The Kier molecular flexibility index (Phi) is 2.16. The van der Waals surface area contributed by atoms with Crippen LogP contribution in [0, 0.1) is 5.41 Å². The zero-order chi connectivity index (χ0) is 12.2. The molecule has 1 nitrogen and oxygen atoms in total. The largest absolute Gasteiger partial charge is 0.347 e. The van der Waals surface area contributed by atoms with Gasteiger partial charge in [-0.2, -0.15) is 0 Å². The van der Waals surface area contributed by atoms with E-state index in [1.54, 1.807) is 11.3 Å². The zero-order valence-corrected chi connectivity index (χ0v) is 11.2. The summed E-state index contributed by atoms with van der Waals surface area (Å²) in [5, 5.41) is 1.47. The molecule has 0 spiro atoms. The lowest BCUT2D eigenvalue weighted by Crippen LogP contribution is -2.15. The minimum atomic E-state index is 0.370. The Morgan fingerprint density at radius 3 is 2.59 bits per heavy atom. The molecule has 0 aliphatic heterocycles. The maximum atomic E-state index is 2.40. The molecule has 1 aliphatic rings. The molecule has 2 aromatic rings. The van der Waals surface area contributed by atoms with E-state index in [9.17, 15) is 0 Å². The molecule has 1 aliphatic carbocycles. The van der Waals surface area contributed by atoms with Crippen molar-refractivity contribution in [3.63, 3.8) is 0 Å². The van der Waals surface area contributed by atoms with Gasteiger partial charge in [-0.25, -0.2) is 0 Å². The van der Waals surface area contributed by atoms with E-state index in [2.05, 4.69) is 56.7 Å².